The van der Waals surface area contributed by atoms with E-state index < -0.39 is 11.6 Å². The molecule has 80 valence electrons. The van der Waals surface area contributed by atoms with Gasteiger partial charge in [0.15, 0.2) is 0 Å². The van der Waals surface area contributed by atoms with Crippen molar-refractivity contribution in [3.63, 3.8) is 0 Å². The maximum atomic E-state index is 10.6. The standard InChI is InChI=1S/C10H16O4/c1-10(14,6-11)8-4-2-7(3-5-8)9(12)13/h2,8,11,14H,3-6H2,1H3,(H,12,13)/t8?,10-/m1/s1. The summed E-state index contributed by atoms with van der Waals surface area (Å²) < 4.78 is 0. The minimum atomic E-state index is -1.10. The summed E-state index contributed by atoms with van der Waals surface area (Å²) in [6.45, 7) is 1.30. The second-order valence-corrected chi connectivity index (χ2v) is 4.02. The van der Waals surface area contributed by atoms with Gasteiger partial charge in [-0.3, -0.25) is 0 Å². The van der Waals surface area contributed by atoms with Crippen molar-refractivity contribution in [2.75, 3.05) is 6.61 Å². The fraction of sp³-hybridized carbons (Fsp3) is 0.700. The molecule has 0 heterocycles. The van der Waals surface area contributed by atoms with Crippen molar-refractivity contribution in [2.45, 2.75) is 31.8 Å². The zero-order chi connectivity index (χ0) is 10.8. The van der Waals surface area contributed by atoms with Gasteiger partial charge in [0.2, 0.25) is 0 Å². The smallest absolute Gasteiger partial charge is 0.331 e. The number of carbonyl (C=O) groups is 1. The van der Waals surface area contributed by atoms with Crippen LogP contribution in [0.3, 0.4) is 0 Å². The second-order valence-electron chi connectivity index (χ2n) is 4.02. The van der Waals surface area contributed by atoms with Crippen molar-refractivity contribution >= 4 is 5.97 Å². The quantitative estimate of drug-likeness (QED) is 0.621. The Kier molecular flexibility index (Phi) is 3.29. The van der Waals surface area contributed by atoms with Crippen molar-refractivity contribution in [3.05, 3.63) is 11.6 Å². The van der Waals surface area contributed by atoms with E-state index in [1.54, 1.807) is 13.0 Å². The second kappa shape index (κ2) is 4.11. The van der Waals surface area contributed by atoms with Gasteiger partial charge in [0.05, 0.1) is 12.2 Å². The van der Waals surface area contributed by atoms with Crippen LogP contribution in [0.1, 0.15) is 26.2 Å². The number of hydrogen-bond donors (Lipinski definition) is 3. The Labute approximate surface area is 82.9 Å². The number of allylic oxidation sites excluding steroid dienone is 1. The van der Waals surface area contributed by atoms with Gasteiger partial charge in [-0.2, -0.15) is 0 Å². The van der Waals surface area contributed by atoms with Gasteiger partial charge in [0.1, 0.15) is 0 Å². The summed E-state index contributed by atoms with van der Waals surface area (Å²) in [4.78, 5) is 10.6. The molecule has 0 aliphatic heterocycles. The van der Waals surface area contributed by atoms with Crippen LogP contribution in [0.4, 0.5) is 0 Å². The highest BCUT2D eigenvalue weighted by atomic mass is 16.4. The Morgan fingerprint density at radius 2 is 2.36 bits per heavy atom. The summed E-state index contributed by atoms with van der Waals surface area (Å²) in [6.07, 6.45) is 3.25. The number of carboxylic acid groups (broad SMARTS) is 1. The van der Waals surface area contributed by atoms with Gasteiger partial charge in [0.25, 0.3) is 0 Å². The summed E-state index contributed by atoms with van der Waals surface area (Å²) in [6, 6.07) is 0. The van der Waals surface area contributed by atoms with Crippen LogP contribution >= 0.6 is 0 Å². The molecule has 14 heavy (non-hydrogen) atoms. The molecule has 4 heteroatoms. The number of carboxylic acids is 1. The predicted octanol–water partition coefficient (Wildman–Crippen LogP) is 0.541. The van der Waals surface area contributed by atoms with E-state index >= 15 is 0 Å². The van der Waals surface area contributed by atoms with Gasteiger partial charge in [-0.1, -0.05) is 6.08 Å². The highest BCUT2D eigenvalue weighted by molar-refractivity contribution is 5.86. The van der Waals surface area contributed by atoms with Crippen molar-refractivity contribution in [1.29, 1.82) is 0 Å². The van der Waals surface area contributed by atoms with Crippen molar-refractivity contribution < 1.29 is 20.1 Å². The molecular weight excluding hydrogens is 184 g/mol. The van der Waals surface area contributed by atoms with Crippen LogP contribution in [0.2, 0.25) is 0 Å². The SMILES string of the molecule is C[C@@](O)(CO)C1CC=C(C(=O)O)CC1. The van der Waals surface area contributed by atoms with Crippen molar-refractivity contribution in [1.82, 2.24) is 0 Å². The van der Waals surface area contributed by atoms with E-state index in [9.17, 15) is 9.90 Å². The molecule has 0 radical (unpaired) electrons. The van der Waals surface area contributed by atoms with E-state index in [0.29, 0.717) is 24.8 Å². The van der Waals surface area contributed by atoms with Gasteiger partial charge in [0, 0.05) is 5.57 Å². The third kappa shape index (κ3) is 2.33. The molecule has 3 N–H and O–H groups in total. The Morgan fingerprint density at radius 3 is 2.71 bits per heavy atom. The lowest BCUT2D eigenvalue weighted by Crippen LogP contribution is -2.39. The molecule has 4 nitrogen and oxygen atoms in total. The van der Waals surface area contributed by atoms with E-state index in [-0.39, 0.29) is 12.5 Å². The molecule has 0 aromatic carbocycles. The molecule has 0 bridgehead atoms. The maximum absolute atomic E-state index is 10.6. The fourth-order valence-electron chi connectivity index (χ4n) is 1.72. The molecule has 2 atom stereocenters. The summed E-state index contributed by atoms with van der Waals surface area (Å²) in [5, 5.41) is 27.4. The lowest BCUT2D eigenvalue weighted by Gasteiger charge is -2.32. The van der Waals surface area contributed by atoms with Gasteiger partial charge in [-0.15, -0.1) is 0 Å². The lowest BCUT2D eigenvalue weighted by molar-refractivity contribution is -0.133. The summed E-state index contributed by atoms with van der Waals surface area (Å²) in [5.41, 5.74) is -0.685. The minimum absolute atomic E-state index is 0.0457. The van der Waals surface area contributed by atoms with E-state index in [4.69, 9.17) is 10.2 Å². The molecule has 0 saturated heterocycles. The maximum Gasteiger partial charge on any atom is 0.331 e. The van der Waals surface area contributed by atoms with Crippen LogP contribution in [-0.2, 0) is 4.79 Å². The summed E-state index contributed by atoms with van der Waals surface area (Å²) in [5.74, 6) is -0.928. The first kappa shape index (κ1) is 11.2. The largest absolute Gasteiger partial charge is 0.478 e. The van der Waals surface area contributed by atoms with Crippen LogP contribution in [0.25, 0.3) is 0 Å². The highest BCUT2D eigenvalue weighted by Gasteiger charge is 2.32. The van der Waals surface area contributed by atoms with Gasteiger partial charge in [-0.25, -0.2) is 4.79 Å². The Hall–Kier alpha value is -0.870. The minimum Gasteiger partial charge on any atom is -0.478 e. The Balaban J connectivity index is 2.63. The summed E-state index contributed by atoms with van der Waals surface area (Å²) >= 11 is 0. The Morgan fingerprint density at radius 1 is 1.71 bits per heavy atom. The van der Waals surface area contributed by atoms with Crippen LogP contribution in [0.5, 0.6) is 0 Å². The van der Waals surface area contributed by atoms with Crippen LogP contribution in [0, 0.1) is 5.92 Å². The third-order valence-electron chi connectivity index (χ3n) is 2.89. The van der Waals surface area contributed by atoms with E-state index in [1.165, 1.54) is 0 Å². The van der Waals surface area contributed by atoms with E-state index in [2.05, 4.69) is 0 Å². The highest BCUT2D eigenvalue weighted by Crippen LogP contribution is 2.31. The van der Waals surface area contributed by atoms with Crippen LogP contribution in [-0.4, -0.2) is 33.5 Å². The molecule has 0 amide bonds. The number of aliphatic carboxylic acids is 1. The molecule has 0 aromatic heterocycles. The van der Waals surface area contributed by atoms with Gasteiger partial charge < -0.3 is 15.3 Å². The molecule has 1 aliphatic rings. The predicted molar refractivity (Wildman–Crippen MR) is 50.8 cm³/mol. The zero-order valence-electron chi connectivity index (χ0n) is 8.23. The topological polar surface area (TPSA) is 77.8 Å². The average Bonchev–Trinajstić information content (AvgIpc) is 2.18. The van der Waals surface area contributed by atoms with Crippen LogP contribution in [0.15, 0.2) is 11.6 Å². The number of rotatable bonds is 3. The molecule has 1 unspecified atom stereocenters. The molecule has 0 spiro atoms. The normalized spacial score (nSPS) is 26.5. The van der Waals surface area contributed by atoms with Crippen LogP contribution < -0.4 is 0 Å². The summed E-state index contributed by atoms with van der Waals surface area (Å²) in [7, 11) is 0. The molecule has 0 fully saturated rings. The van der Waals surface area contributed by atoms with Crippen molar-refractivity contribution in [2.24, 2.45) is 5.92 Å². The zero-order valence-corrected chi connectivity index (χ0v) is 8.23. The number of hydrogen-bond acceptors (Lipinski definition) is 3. The first-order chi connectivity index (χ1) is 6.47. The number of aliphatic hydroxyl groups is 2. The lowest BCUT2D eigenvalue weighted by atomic mass is 9.79. The molecular formula is C10H16O4. The first-order valence-electron chi connectivity index (χ1n) is 4.73. The fourth-order valence-corrected chi connectivity index (χ4v) is 1.72. The molecule has 0 saturated carbocycles. The van der Waals surface area contributed by atoms with Gasteiger partial charge in [-0.05, 0) is 32.1 Å². The van der Waals surface area contributed by atoms with Gasteiger partial charge >= 0.3 is 5.97 Å². The molecule has 1 rings (SSSR count). The Bertz CT molecular complexity index is 255. The van der Waals surface area contributed by atoms with E-state index in [1.807, 2.05) is 0 Å². The number of aliphatic hydroxyl groups excluding tert-OH is 1. The third-order valence-corrected chi connectivity index (χ3v) is 2.89. The monoisotopic (exact) mass is 200 g/mol. The molecule has 0 aromatic rings. The molecule has 1 aliphatic carbocycles. The first-order valence-corrected chi connectivity index (χ1v) is 4.73. The van der Waals surface area contributed by atoms with E-state index in [0.717, 1.165) is 0 Å². The van der Waals surface area contributed by atoms with Crippen molar-refractivity contribution in [3.8, 4) is 0 Å². The average molecular weight is 200 g/mol.